The Labute approximate surface area is 134 Å². The van der Waals surface area contributed by atoms with E-state index in [1.807, 2.05) is 19.1 Å². The lowest BCUT2D eigenvalue weighted by molar-refractivity contribution is -0.117. The molecule has 3 N–H and O–H groups in total. The van der Waals surface area contributed by atoms with Crippen LogP contribution >= 0.6 is 0 Å². The van der Waals surface area contributed by atoms with Gasteiger partial charge >= 0.3 is 0 Å². The van der Waals surface area contributed by atoms with E-state index in [0.29, 0.717) is 12.5 Å². The lowest BCUT2D eigenvalue weighted by Crippen LogP contribution is -2.42. The van der Waals surface area contributed by atoms with E-state index in [-0.39, 0.29) is 11.9 Å². The first-order chi connectivity index (χ1) is 10.5. The summed E-state index contributed by atoms with van der Waals surface area (Å²) < 4.78 is 0. The van der Waals surface area contributed by atoms with E-state index in [0.717, 1.165) is 43.6 Å². The van der Waals surface area contributed by atoms with E-state index >= 15 is 0 Å². The third-order valence-corrected chi connectivity index (χ3v) is 4.75. The molecule has 1 aromatic rings. The van der Waals surface area contributed by atoms with E-state index in [2.05, 4.69) is 30.1 Å². The molecule has 1 unspecified atom stereocenters. The molecular weight excluding hydrogens is 274 g/mol. The predicted octanol–water partition coefficient (Wildman–Crippen LogP) is 2.56. The number of hydrogen-bond acceptors (Lipinski definition) is 3. The van der Waals surface area contributed by atoms with Crippen LogP contribution in [0, 0.1) is 12.8 Å². The summed E-state index contributed by atoms with van der Waals surface area (Å²) in [5, 5.41) is 3.11. The Kier molecular flexibility index (Phi) is 5.98. The van der Waals surface area contributed by atoms with E-state index in [1.165, 1.54) is 5.56 Å². The van der Waals surface area contributed by atoms with Crippen molar-refractivity contribution in [3.63, 3.8) is 0 Å². The highest BCUT2D eigenvalue weighted by Gasteiger charge is 2.23. The molecule has 1 saturated heterocycles. The van der Waals surface area contributed by atoms with Crippen molar-refractivity contribution in [3.8, 4) is 0 Å². The maximum atomic E-state index is 12.3. The number of rotatable bonds is 5. The number of nitrogens with two attached hydrogens (primary N) is 1. The molecule has 4 nitrogen and oxygen atoms in total. The predicted molar refractivity (Wildman–Crippen MR) is 92.0 cm³/mol. The number of carbonyl (C=O) groups excluding carboxylic acids is 1. The zero-order chi connectivity index (χ0) is 16.1. The third kappa shape index (κ3) is 4.31. The number of aryl methyl sites for hydroxylation is 2. The van der Waals surface area contributed by atoms with Crippen LogP contribution in [-0.2, 0) is 11.2 Å². The Morgan fingerprint density at radius 1 is 1.41 bits per heavy atom. The fourth-order valence-corrected chi connectivity index (χ4v) is 3.22. The number of nitrogens with one attached hydrogen (secondary N) is 1. The van der Waals surface area contributed by atoms with Crippen LogP contribution < -0.4 is 11.1 Å². The third-order valence-electron chi connectivity index (χ3n) is 4.75. The standard InChI is InChI=1S/C18H29N3O/c1-4-15-7-5-6-13(2)18(15)20-17(22)12-21-10-8-16(9-11-21)14(3)19/h5-7,14,16H,4,8-12,19H2,1-3H3,(H,20,22). The van der Waals surface area contributed by atoms with Gasteiger partial charge in [-0.15, -0.1) is 0 Å². The highest BCUT2D eigenvalue weighted by atomic mass is 16.2. The van der Waals surface area contributed by atoms with Crippen molar-refractivity contribution in [1.82, 2.24) is 4.90 Å². The van der Waals surface area contributed by atoms with Crippen LogP contribution in [0.5, 0.6) is 0 Å². The highest BCUT2D eigenvalue weighted by molar-refractivity contribution is 5.93. The minimum atomic E-state index is 0.0863. The van der Waals surface area contributed by atoms with Gasteiger partial charge in [0.05, 0.1) is 6.54 Å². The average molecular weight is 303 g/mol. The number of hydrogen-bond donors (Lipinski definition) is 2. The van der Waals surface area contributed by atoms with Gasteiger partial charge in [0.25, 0.3) is 0 Å². The fourth-order valence-electron chi connectivity index (χ4n) is 3.22. The molecule has 0 aliphatic carbocycles. The molecule has 1 heterocycles. The number of carbonyl (C=O) groups is 1. The van der Waals surface area contributed by atoms with Crippen LogP contribution in [0.4, 0.5) is 5.69 Å². The normalized spacial score (nSPS) is 18.2. The summed E-state index contributed by atoms with van der Waals surface area (Å²) in [5.41, 5.74) is 9.28. The summed E-state index contributed by atoms with van der Waals surface area (Å²) in [4.78, 5) is 14.6. The summed E-state index contributed by atoms with van der Waals surface area (Å²) in [7, 11) is 0. The molecule has 1 fully saturated rings. The van der Waals surface area contributed by atoms with Crippen LogP contribution in [0.1, 0.15) is 37.8 Å². The van der Waals surface area contributed by atoms with Gasteiger partial charge in [-0.2, -0.15) is 0 Å². The second-order valence-electron chi connectivity index (χ2n) is 6.48. The summed E-state index contributed by atoms with van der Waals surface area (Å²) in [6.07, 6.45) is 3.11. The van der Waals surface area contributed by atoms with Crippen molar-refractivity contribution >= 4 is 11.6 Å². The van der Waals surface area contributed by atoms with E-state index in [9.17, 15) is 4.79 Å². The molecule has 0 saturated carbocycles. The highest BCUT2D eigenvalue weighted by Crippen LogP contribution is 2.22. The monoisotopic (exact) mass is 303 g/mol. The molecule has 22 heavy (non-hydrogen) atoms. The number of anilines is 1. The fraction of sp³-hybridized carbons (Fsp3) is 0.611. The van der Waals surface area contributed by atoms with Crippen LogP contribution in [0.2, 0.25) is 0 Å². The number of benzene rings is 1. The number of likely N-dealkylation sites (tertiary alicyclic amines) is 1. The van der Waals surface area contributed by atoms with Gasteiger partial charge in [-0.1, -0.05) is 25.1 Å². The van der Waals surface area contributed by atoms with Gasteiger partial charge < -0.3 is 11.1 Å². The van der Waals surface area contributed by atoms with E-state index < -0.39 is 0 Å². The number of amides is 1. The second kappa shape index (κ2) is 7.75. The Morgan fingerprint density at radius 3 is 2.68 bits per heavy atom. The second-order valence-corrected chi connectivity index (χ2v) is 6.48. The van der Waals surface area contributed by atoms with Gasteiger partial charge in [0.1, 0.15) is 0 Å². The maximum absolute atomic E-state index is 12.3. The molecule has 1 aliphatic rings. The Hall–Kier alpha value is -1.39. The Balaban J connectivity index is 1.89. The first-order valence-corrected chi connectivity index (χ1v) is 8.37. The minimum absolute atomic E-state index is 0.0863. The van der Waals surface area contributed by atoms with Crippen LogP contribution in [0.15, 0.2) is 18.2 Å². The first-order valence-electron chi connectivity index (χ1n) is 8.37. The van der Waals surface area contributed by atoms with Crippen molar-refractivity contribution in [3.05, 3.63) is 29.3 Å². The Bertz CT molecular complexity index is 505. The maximum Gasteiger partial charge on any atom is 0.238 e. The topological polar surface area (TPSA) is 58.4 Å². The summed E-state index contributed by atoms with van der Waals surface area (Å²) >= 11 is 0. The van der Waals surface area contributed by atoms with Gasteiger partial charge in [-0.25, -0.2) is 0 Å². The average Bonchev–Trinajstić information content (AvgIpc) is 2.49. The van der Waals surface area contributed by atoms with E-state index in [1.54, 1.807) is 0 Å². The molecule has 2 rings (SSSR count). The molecule has 0 aromatic heterocycles. The van der Waals surface area contributed by atoms with Crippen LogP contribution in [-0.4, -0.2) is 36.5 Å². The van der Waals surface area contributed by atoms with Crippen molar-refractivity contribution in [2.45, 2.75) is 46.1 Å². The van der Waals surface area contributed by atoms with Gasteiger partial charge in [0.15, 0.2) is 0 Å². The minimum Gasteiger partial charge on any atom is -0.328 e. The lowest BCUT2D eigenvalue weighted by Gasteiger charge is -2.33. The van der Waals surface area contributed by atoms with E-state index in [4.69, 9.17) is 5.73 Å². The van der Waals surface area contributed by atoms with Gasteiger partial charge in [-0.05, 0) is 63.2 Å². The van der Waals surface area contributed by atoms with Gasteiger partial charge in [-0.3, -0.25) is 9.69 Å². The SMILES string of the molecule is CCc1cccc(C)c1NC(=O)CN1CCC(C(C)N)CC1. The molecular formula is C18H29N3O. The number of para-hydroxylation sites is 1. The zero-order valence-electron chi connectivity index (χ0n) is 14.1. The molecule has 1 amide bonds. The van der Waals surface area contributed by atoms with Gasteiger partial charge in [0, 0.05) is 11.7 Å². The number of piperidine rings is 1. The molecule has 4 heteroatoms. The Morgan fingerprint density at radius 2 is 2.09 bits per heavy atom. The molecule has 122 valence electrons. The lowest BCUT2D eigenvalue weighted by atomic mass is 9.91. The quantitative estimate of drug-likeness (QED) is 0.879. The summed E-state index contributed by atoms with van der Waals surface area (Å²) in [5.74, 6) is 0.686. The molecule has 0 bridgehead atoms. The van der Waals surface area contributed by atoms with Crippen molar-refractivity contribution in [2.24, 2.45) is 11.7 Å². The molecule has 0 radical (unpaired) electrons. The number of nitrogens with zero attached hydrogens (tertiary/aromatic N) is 1. The molecule has 1 atom stereocenters. The van der Waals surface area contributed by atoms with Crippen LogP contribution in [0.3, 0.4) is 0 Å². The molecule has 1 aromatic carbocycles. The van der Waals surface area contributed by atoms with Gasteiger partial charge in [0.2, 0.25) is 5.91 Å². The molecule has 0 spiro atoms. The molecule has 1 aliphatic heterocycles. The first kappa shape index (κ1) is 17.0. The van der Waals surface area contributed by atoms with Crippen LogP contribution in [0.25, 0.3) is 0 Å². The summed E-state index contributed by atoms with van der Waals surface area (Å²) in [6.45, 7) is 8.65. The van der Waals surface area contributed by atoms with Crippen molar-refractivity contribution in [1.29, 1.82) is 0 Å². The smallest absolute Gasteiger partial charge is 0.238 e. The van der Waals surface area contributed by atoms with Crippen molar-refractivity contribution in [2.75, 3.05) is 25.0 Å². The largest absolute Gasteiger partial charge is 0.328 e. The van der Waals surface area contributed by atoms with Crippen molar-refractivity contribution < 1.29 is 4.79 Å². The zero-order valence-corrected chi connectivity index (χ0v) is 14.1. The summed E-state index contributed by atoms with van der Waals surface area (Å²) in [6, 6.07) is 6.43.